The highest BCUT2D eigenvalue weighted by atomic mass is 32.2. The molecule has 1 aliphatic heterocycles. The standard InChI is InChI=1S/C10H18N2O3S/c1-7(5-9(13)14)11-10(15)12-8-3-2-4-16-6-8/h7-8H,2-6H2,1H3,(H,13,14)(H2,11,12,15). The van der Waals surface area contributed by atoms with Crippen LogP contribution in [-0.4, -0.2) is 40.7 Å². The number of urea groups is 1. The first-order valence-electron chi connectivity index (χ1n) is 5.44. The Morgan fingerprint density at radius 1 is 1.56 bits per heavy atom. The molecule has 0 bridgehead atoms. The molecule has 16 heavy (non-hydrogen) atoms. The van der Waals surface area contributed by atoms with Crippen molar-refractivity contribution in [2.45, 2.75) is 38.3 Å². The lowest BCUT2D eigenvalue weighted by molar-refractivity contribution is -0.137. The van der Waals surface area contributed by atoms with Gasteiger partial charge >= 0.3 is 12.0 Å². The lowest BCUT2D eigenvalue weighted by atomic mass is 10.2. The number of thioether (sulfide) groups is 1. The summed E-state index contributed by atoms with van der Waals surface area (Å²) in [6, 6.07) is -0.384. The highest BCUT2D eigenvalue weighted by Gasteiger charge is 2.17. The minimum Gasteiger partial charge on any atom is -0.481 e. The van der Waals surface area contributed by atoms with Gasteiger partial charge in [0.2, 0.25) is 0 Å². The first-order chi connectivity index (χ1) is 7.58. The van der Waals surface area contributed by atoms with E-state index in [0.29, 0.717) is 0 Å². The summed E-state index contributed by atoms with van der Waals surface area (Å²) in [5, 5.41) is 14.0. The molecule has 0 saturated carbocycles. The number of hydrogen-bond donors (Lipinski definition) is 3. The van der Waals surface area contributed by atoms with E-state index < -0.39 is 5.97 Å². The van der Waals surface area contributed by atoms with Crippen LogP contribution in [-0.2, 0) is 4.79 Å². The molecular formula is C10H18N2O3S. The Morgan fingerprint density at radius 3 is 2.88 bits per heavy atom. The highest BCUT2D eigenvalue weighted by Crippen LogP contribution is 2.16. The van der Waals surface area contributed by atoms with Crippen molar-refractivity contribution in [1.82, 2.24) is 10.6 Å². The Kier molecular flexibility index (Phi) is 5.45. The molecule has 1 heterocycles. The Labute approximate surface area is 99.4 Å². The fourth-order valence-electron chi connectivity index (χ4n) is 1.62. The third-order valence-electron chi connectivity index (χ3n) is 2.35. The maximum Gasteiger partial charge on any atom is 0.315 e. The van der Waals surface area contributed by atoms with Crippen LogP contribution in [0.4, 0.5) is 4.79 Å². The number of aliphatic carboxylic acids is 1. The lowest BCUT2D eigenvalue weighted by Crippen LogP contribution is -2.47. The van der Waals surface area contributed by atoms with Gasteiger partial charge in [-0.3, -0.25) is 4.79 Å². The maximum absolute atomic E-state index is 11.5. The summed E-state index contributed by atoms with van der Waals surface area (Å²) in [5.41, 5.74) is 0. The van der Waals surface area contributed by atoms with E-state index >= 15 is 0 Å². The minimum atomic E-state index is -0.902. The van der Waals surface area contributed by atoms with Crippen molar-refractivity contribution < 1.29 is 14.7 Å². The number of carboxylic acids is 1. The number of carbonyl (C=O) groups is 2. The molecule has 5 nitrogen and oxygen atoms in total. The van der Waals surface area contributed by atoms with Crippen molar-refractivity contribution in [3.05, 3.63) is 0 Å². The van der Waals surface area contributed by atoms with Gasteiger partial charge in [0.15, 0.2) is 0 Å². The van der Waals surface area contributed by atoms with Gasteiger partial charge in [-0.05, 0) is 25.5 Å². The number of hydrogen-bond acceptors (Lipinski definition) is 3. The molecule has 1 fully saturated rings. The van der Waals surface area contributed by atoms with E-state index in [2.05, 4.69) is 10.6 Å². The molecule has 1 aliphatic rings. The van der Waals surface area contributed by atoms with E-state index in [4.69, 9.17) is 5.11 Å². The van der Waals surface area contributed by atoms with Crippen molar-refractivity contribution in [1.29, 1.82) is 0 Å². The fraction of sp³-hybridized carbons (Fsp3) is 0.800. The van der Waals surface area contributed by atoms with Gasteiger partial charge in [0.25, 0.3) is 0 Å². The van der Waals surface area contributed by atoms with Gasteiger partial charge in [-0.15, -0.1) is 0 Å². The zero-order chi connectivity index (χ0) is 12.0. The van der Waals surface area contributed by atoms with Crippen LogP contribution in [0.25, 0.3) is 0 Å². The second-order valence-electron chi connectivity index (χ2n) is 4.03. The molecule has 6 heteroatoms. The number of rotatable bonds is 4. The van der Waals surface area contributed by atoms with E-state index in [1.807, 2.05) is 11.8 Å². The summed E-state index contributed by atoms with van der Waals surface area (Å²) in [4.78, 5) is 21.9. The smallest absolute Gasteiger partial charge is 0.315 e. The number of carboxylic acid groups (broad SMARTS) is 1. The Balaban J connectivity index is 2.21. The zero-order valence-electron chi connectivity index (χ0n) is 9.36. The van der Waals surface area contributed by atoms with E-state index in [0.717, 1.165) is 24.3 Å². The first kappa shape index (κ1) is 13.2. The molecule has 2 atom stereocenters. The molecule has 2 unspecified atom stereocenters. The van der Waals surface area contributed by atoms with E-state index in [1.54, 1.807) is 6.92 Å². The summed E-state index contributed by atoms with van der Waals surface area (Å²) in [7, 11) is 0. The number of carbonyl (C=O) groups excluding carboxylic acids is 1. The minimum absolute atomic E-state index is 0.0488. The van der Waals surface area contributed by atoms with Crippen LogP contribution in [0.1, 0.15) is 26.2 Å². The number of nitrogens with one attached hydrogen (secondary N) is 2. The van der Waals surface area contributed by atoms with Gasteiger partial charge in [-0.2, -0.15) is 11.8 Å². The fourth-order valence-corrected chi connectivity index (χ4v) is 2.69. The van der Waals surface area contributed by atoms with Crippen molar-refractivity contribution in [2.75, 3.05) is 11.5 Å². The summed E-state index contributed by atoms with van der Waals surface area (Å²) >= 11 is 1.84. The van der Waals surface area contributed by atoms with E-state index in [-0.39, 0.29) is 24.5 Å². The van der Waals surface area contributed by atoms with Crippen molar-refractivity contribution in [2.24, 2.45) is 0 Å². The van der Waals surface area contributed by atoms with E-state index in [1.165, 1.54) is 0 Å². The van der Waals surface area contributed by atoms with Gasteiger partial charge in [0.05, 0.1) is 6.42 Å². The SMILES string of the molecule is CC(CC(=O)O)NC(=O)NC1CCCSC1. The Hall–Kier alpha value is -0.910. The molecule has 2 amide bonds. The molecule has 0 aromatic rings. The molecule has 1 rings (SSSR count). The van der Waals surface area contributed by atoms with Gasteiger partial charge in [-0.1, -0.05) is 0 Å². The molecule has 1 saturated heterocycles. The molecule has 0 aliphatic carbocycles. The largest absolute Gasteiger partial charge is 0.481 e. The Bertz CT molecular complexity index is 254. The summed E-state index contributed by atoms with van der Waals surface area (Å²) in [5.74, 6) is 1.21. The molecule has 0 radical (unpaired) electrons. The molecule has 0 spiro atoms. The Morgan fingerprint density at radius 2 is 2.31 bits per heavy atom. The van der Waals surface area contributed by atoms with Gasteiger partial charge < -0.3 is 15.7 Å². The lowest BCUT2D eigenvalue weighted by Gasteiger charge is -2.23. The maximum atomic E-state index is 11.5. The predicted molar refractivity (Wildman–Crippen MR) is 63.7 cm³/mol. The van der Waals surface area contributed by atoms with Crippen molar-refractivity contribution in [3.8, 4) is 0 Å². The van der Waals surface area contributed by atoms with Crippen LogP contribution in [0.2, 0.25) is 0 Å². The van der Waals surface area contributed by atoms with Crippen LogP contribution in [0.15, 0.2) is 0 Å². The second-order valence-corrected chi connectivity index (χ2v) is 5.18. The molecule has 3 N–H and O–H groups in total. The van der Waals surface area contributed by atoms with Crippen molar-refractivity contribution in [3.63, 3.8) is 0 Å². The third-order valence-corrected chi connectivity index (χ3v) is 3.57. The summed E-state index contributed by atoms with van der Waals surface area (Å²) in [6.07, 6.45) is 2.08. The molecule has 0 aromatic heterocycles. The predicted octanol–water partition coefficient (Wildman–Crippen LogP) is 1.04. The first-order valence-corrected chi connectivity index (χ1v) is 6.60. The third kappa shape index (κ3) is 5.25. The molecular weight excluding hydrogens is 228 g/mol. The molecule has 92 valence electrons. The second kappa shape index (κ2) is 6.62. The van der Waals surface area contributed by atoms with Crippen LogP contribution < -0.4 is 10.6 Å². The van der Waals surface area contributed by atoms with Gasteiger partial charge in [-0.25, -0.2) is 4.79 Å². The monoisotopic (exact) mass is 246 g/mol. The van der Waals surface area contributed by atoms with E-state index in [9.17, 15) is 9.59 Å². The molecule has 0 aromatic carbocycles. The average molecular weight is 246 g/mol. The topological polar surface area (TPSA) is 78.4 Å². The average Bonchev–Trinajstić information content (AvgIpc) is 2.17. The highest BCUT2D eigenvalue weighted by molar-refractivity contribution is 7.99. The van der Waals surface area contributed by atoms with Crippen LogP contribution in [0.3, 0.4) is 0 Å². The van der Waals surface area contributed by atoms with Gasteiger partial charge in [0.1, 0.15) is 0 Å². The zero-order valence-corrected chi connectivity index (χ0v) is 10.2. The van der Waals surface area contributed by atoms with Crippen LogP contribution in [0.5, 0.6) is 0 Å². The normalized spacial score (nSPS) is 22.2. The quantitative estimate of drug-likeness (QED) is 0.692. The summed E-state index contributed by atoms with van der Waals surface area (Å²) in [6.45, 7) is 1.68. The number of amides is 2. The van der Waals surface area contributed by atoms with Crippen LogP contribution in [0, 0.1) is 0 Å². The van der Waals surface area contributed by atoms with Crippen LogP contribution >= 0.6 is 11.8 Å². The van der Waals surface area contributed by atoms with Crippen molar-refractivity contribution >= 4 is 23.8 Å². The summed E-state index contributed by atoms with van der Waals surface area (Å²) < 4.78 is 0. The van der Waals surface area contributed by atoms with Gasteiger partial charge in [0, 0.05) is 17.8 Å².